The number of aliphatic hydroxyl groups excluding tert-OH is 1. The molecule has 1 heterocycles. The van der Waals surface area contributed by atoms with Crippen molar-refractivity contribution in [3.05, 3.63) is 11.1 Å². The van der Waals surface area contributed by atoms with Crippen LogP contribution in [0.25, 0.3) is 0 Å². The molecule has 0 spiro atoms. The molecule has 0 amide bonds. The number of ether oxygens (including phenoxy) is 1. The van der Waals surface area contributed by atoms with Crippen LogP contribution in [0, 0.1) is 17.3 Å². The van der Waals surface area contributed by atoms with Crippen LogP contribution >= 0.6 is 0 Å². The first-order valence-electron chi connectivity index (χ1n) is 7.14. The second-order valence-electron chi connectivity index (χ2n) is 6.76. The Morgan fingerprint density at radius 1 is 1.37 bits per heavy atom. The topological polar surface area (TPSA) is 66.8 Å². The number of hydrogen-bond acceptors (Lipinski definition) is 4. The van der Waals surface area contributed by atoms with E-state index in [9.17, 15) is 15.0 Å². The van der Waals surface area contributed by atoms with Gasteiger partial charge in [-0.3, -0.25) is 0 Å². The molecule has 19 heavy (non-hydrogen) atoms. The number of esters is 1. The molecular formula is C15H22O4. The summed E-state index contributed by atoms with van der Waals surface area (Å²) in [5, 5.41) is 21.2. The van der Waals surface area contributed by atoms with E-state index >= 15 is 0 Å². The lowest BCUT2D eigenvalue weighted by Crippen LogP contribution is -2.60. The minimum absolute atomic E-state index is 0.0105. The maximum atomic E-state index is 11.7. The normalized spacial score (nSPS) is 49.7. The third kappa shape index (κ3) is 1.50. The van der Waals surface area contributed by atoms with Gasteiger partial charge in [-0.1, -0.05) is 26.7 Å². The lowest BCUT2D eigenvalue weighted by atomic mass is 9.52. The van der Waals surface area contributed by atoms with Crippen molar-refractivity contribution in [2.24, 2.45) is 17.3 Å². The minimum atomic E-state index is -1.78. The number of aliphatic hydroxyl groups is 2. The van der Waals surface area contributed by atoms with Gasteiger partial charge in [-0.15, -0.1) is 0 Å². The van der Waals surface area contributed by atoms with Crippen molar-refractivity contribution < 1.29 is 19.7 Å². The minimum Gasteiger partial charge on any atom is -0.423 e. The van der Waals surface area contributed by atoms with E-state index in [-0.39, 0.29) is 11.3 Å². The molecule has 5 unspecified atom stereocenters. The fraction of sp³-hybridized carbons (Fsp3) is 0.800. The van der Waals surface area contributed by atoms with Crippen molar-refractivity contribution in [1.82, 2.24) is 0 Å². The van der Waals surface area contributed by atoms with Crippen LogP contribution in [0.4, 0.5) is 0 Å². The molecule has 4 nitrogen and oxygen atoms in total. The zero-order valence-electron chi connectivity index (χ0n) is 11.8. The molecule has 0 saturated heterocycles. The molecule has 2 saturated carbocycles. The molecule has 106 valence electrons. The van der Waals surface area contributed by atoms with Crippen LogP contribution in [0.5, 0.6) is 0 Å². The van der Waals surface area contributed by atoms with Gasteiger partial charge < -0.3 is 14.9 Å². The number of fused-ring (bicyclic) bond motifs is 2. The van der Waals surface area contributed by atoms with Crippen LogP contribution < -0.4 is 0 Å². The van der Waals surface area contributed by atoms with Crippen LogP contribution in [0.2, 0.25) is 0 Å². The Kier molecular flexibility index (Phi) is 2.64. The van der Waals surface area contributed by atoms with Gasteiger partial charge in [0.25, 0.3) is 5.79 Å². The molecule has 0 radical (unpaired) electrons. The van der Waals surface area contributed by atoms with Crippen molar-refractivity contribution in [2.75, 3.05) is 0 Å². The molecule has 1 aliphatic heterocycles. The first-order valence-corrected chi connectivity index (χ1v) is 7.14. The molecule has 0 aromatic carbocycles. The summed E-state index contributed by atoms with van der Waals surface area (Å²) in [4.78, 5) is 11.7. The molecule has 3 rings (SSSR count). The summed E-state index contributed by atoms with van der Waals surface area (Å²) in [5.41, 5.74) is 1.01. The van der Waals surface area contributed by atoms with Gasteiger partial charge in [0, 0.05) is 11.1 Å². The van der Waals surface area contributed by atoms with Crippen molar-refractivity contribution in [3.63, 3.8) is 0 Å². The Bertz CT molecular complexity index is 469. The molecule has 2 fully saturated rings. The standard InChI is InChI=1S/C15H22O4/c1-8-5-4-6-10-12(16)15(18)11(7-14(8,10)3)9(2)13(17)19-15/h8,10,12,16,18H,4-7H2,1-3H3. The van der Waals surface area contributed by atoms with E-state index in [4.69, 9.17) is 4.74 Å². The predicted octanol–water partition coefficient (Wildman–Crippen LogP) is 1.76. The summed E-state index contributed by atoms with van der Waals surface area (Å²) >= 11 is 0. The third-order valence-corrected chi connectivity index (χ3v) is 5.90. The van der Waals surface area contributed by atoms with Crippen LogP contribution in [0.15, 0.2) is 11.1 Å². The quantitative estimate of drug-likeness (QED) is 0.656. The van der Waals surface area contributed by atoms with E-state index in [0.717, 1.165) is 19.3 Å². The largest absolute Gasteiger partial charge is 0.423 e. The first-order chi connectivity index (χ1) is 8.80. The number of carbonyl (C=O) groups excluding carboxylic acids is 1. The summed E-state index contributed by atoms with van der Waals surface area (Å²) in [6.45, 7) is 6.06. The monoisotopic (exact) mass is 266 g/mol. The van der Waals surface area contributed by atoms with E-state index in [0.29, 0.717) is 23.5 Å². The molecule has 0 aromatic rings. The van der Waals surface area contributed by atoms with Gasteiger partial charge in [-0.2, -0.15) is 0 Å². The second kappa shape index (κ2) is 3.83. The van der Waals surface area contributed by atoms with E-state index in [2.05, 4.69) is 13.8 Å². The number of rotatable bonds is 0. The Morgan fingerprint density at radius 2 is 2.05 bits per heavy atom. The highest BCUT2D eigenvalue weighted by atomic mass is 16.7. The van der Waals surface area contributed by atoms with Crippen molar-refractivity contribution >= 4 is 5.97 Å². The summed E-state index contributed by atoms with van der Waals surface area (Å²) in [5.74, 6) is -1.81. The highest BCUT2D eigenvalue weighted by Gasteiger charge is 2.62. The van der Waals surface area contributed by atoms with Crippen molar-refractivity contribution in [2.45, 2.75) is 58.3 Å². The van der Waals surface area contributed by atoms with Gasteiger partial charge in [0.05, 0.1) is 0 Å². The maximum Gasteiger partial charge on any atom is 0.336 e. The van der Waals surface area contributed by atoms with Crippen LogP contribution in [-0.2, 0) is 9.53 Å². The summed E-state index contributed by atoms with van der Waals surface area (Å²) < 4.78 is 5.10. The molecule has 3 aliphatic rings. The van der Waals surface area contributed by atoms with Crippen LogP contribution in [0.1, 0.15) is 46.5 Å². The molecule has 0 aromatic heterocycles. The maximum absolute atomic E-state index is 11.7. The molecular weight excluding hydrogens is 244 g/mol. The average molecular weight is 266 g/mol. The van der Waals surface area contributed by atoms with Gasteiger partial charge in [-0.25, -0.2) is 4.79 Å². The molecule has 4 heteroatoms. The van der Waals surface area contributed by atoms with E-state index < -0.39 is 17.9 Å². The fourth-order valence-electron chi connectivity index (χ4n) is 4.32. The zero-order valence-corrected chi connectivity index (χ0v) is 11.8. The Labute approximate surface area is 113 Å². The molecule has 5 atom stereocenters. The average Bonchev–Trinajstić information content (AvgIpc) is 2.56. The van der Waals surface area contributed by atoms with Crippen LogP contribution in [-0.4, -0.2) is 28.1 Å². The van der Waals surface area contributed by atoms with E-state index in [1.54, 1.807) is 6.92 Å². The molecule has 2 N–H and O–H groups in total. The summed E-state index contributed by atoms with van der Waals surface area (Å²) in [7, 11) is 0. The second-order valence-corrected chi connectivity index (χ2v) is 6.76. The molecule has 2 aliphatic carbocycles. The van der Waals surface area contributed by atoms with Gasteiger partial charge in [0.1, 0.15) is 6.10 Å². The number of hydrogen-bond donors (Lipinski definition) is 2. The SMILES string of the molecule is CC1=C2CC3(C)C(C)CCCC3C(O)C2(O)OC1=O. The lowest BCUT2D eigenvalue weighted by molar-refractivity contribution is -0.255. The van der Waals surface area contributed by atoms with Gasteiger partial charge in [0.2, 0.25) is 0 Å². The van der Waals surface area contributed by atoms with Gasteiger partial charge in [0.15, 0.2) is 0 Å². The highest BCUT2D eigenvalue weighted by Crippen LogP contribution is 2.59. The Balaban J connectivity index is 2.09. The van der Waals surface area contributed by atoms with E-state index in [1.165, 1.54) is 0 Å². The van der Waals surface area contributed by atoms with Gasteiger partial charge in [-0.05, 0) is 37.0 Å². The smallest absolute Gasteiger partial charge is 0.336 e. The Morgan fingerprint density at radius 3 is 2.74 bits per heavy atom. The highest BCUT2D eigenvalue weighted by molar-refractivity contribution is 5.92. The number of carbonyl (C=O) groups is 1. The van der Waals surface area contributed by atoms with Crippen molar-refractivity contribution in [3.8, 4) is 0 Å². The first kappa shape index (κ1) is 13.1. The van der Waals surface area contributed by atoms with Crippen LogP contribution in [0.3, 0.4) is 0 Å². The lowest BCUT2D eigenvalue weighted by Gasteiger charge is -2.55. The van der Waals surface area contributed by atoms with Gasteiger partial charge >= 0.3 is 5.97 Å². The Hall–Kier alpha value is -0.870. The summed E-state index contributed by atoms with van der Waals surface area (Å²) in [6.07, 6.45) is 2.71. The van der Waals surface area contributed by atoms with E-state index in [1.807, 2.05) is 0 Å². The third-order valence-electron chi connectivity index (χ3n) is 5.90. The molecule has 0 bridgehead atoms. The van der Waals surface area contributed by atoms with Crippen molar-refractivity contribution in [1.29, 1.82) is 0 Å². The summed E-state index contributed by atoms with van der Waals surface area (Å²) in [6, 6.07) is 0. The fourth-order valence-corrected chi connectivity index (χ4v) is 4.32. The predicted molar refractivity (Wildman–Crippen MR) is 69.0 cm³/mol. The zero-order chi connectivity index (χ0) is 14.0.